The Morgan fingerprint density at radius 2 is 0.647 bits per heavy atom. The molecule has 0 atom stereocenters. The van der Waals surface area contributed by atoms with Gasteiger partial charge >= 0.3 is 0 Å². The SMILES string of the molecule is C1=CCCC/C=C/C=C/C=C/C=C\C=C\C=C\1. The quantitative estimate of drug-likeness (QED) is 0.539. The minimum atomic E-state index is 1.14. The molecule has 0 nitrogen and oxygen atoms in total. The van der Waals surface area contributed by atoms with Gasteiger partial charge in [0.15, 0.2) is 0 Å². The van der Waals surface area contributed by atoms with Crippen LogP contribution in [0.15, 0.2) is 85.1 Å². The minimum absolute atomic E-state index is 1.14. The molecule has 17 heavy (non-hydrogen) atoms. The van der Waals surface area contributed by atoms with E-state index in [0.717, 1.165) is 12.8 Å². The van der Waals surface area contributed by atoms with Crippen molar-refractivity contribution in [3.05, 3.63) is 85.1 Å². The second kappa shape index (κ2) is 10.7. The summed E-state index contributed by atoms with van der Waals surface area (Å²) in [5, 5.41) is 0. The van der Waals surface area contributed by atoms with Crippen LogP contribution in [-0.4, -0.2) is 0 Å². The van der Waals surface area contributed by atoms with Gasteiger partial charge in [0.1, 0.15) is 0 Å². The highest BCUT2D eigenvalue weighted by Gasteiger charge is 1.78. The van der Waals surface area contributed by atoms with Crippen LogP contribution < -0.4 is 0 Å². The van der Waals surface area contributed by atoms with Crippen LogP contribution in [0.3, 0.4) is 0 Å². The average molecular weight is 224 g/mol. The molecule has 0 unspecified atom stereocenters. The van der Waals surface area contributed by atoms with Crippen molar-refractivity contribution in [3.8, 4) is 0 Å². The third-order valence-electron chi connectivity index (χ3n) is 2.24. The lowest BCUT2D eigenvalue weighted by atomic mass is 10.2. The lowest BCUT2D eigenvalue weighted by Crippen LogP contribution is -1.68. The van der Waals surface area contributed by atoms with E-state index in [4.69, 9.17) is 0 Å². The zero-order chi connectivity index (χ0) is 12.0. The molecule has 0 aromatic rings. The molecule has 1 aliphatic rings. The van der Waals surface area contributed by atoms with Crippen molar-refractivity contribution < 1.29 is 0 Å². The fourth-order valence-corrected chi connectivity index (χ4v) is 1.34. The number of allylic oxidation sites excluding steroid dienone is 14. The molecular formula is C17H20. The summed E-state index contributed by atoms with van der Waals surface area (Å²) in [5.74, 6) is 0. The van der Waals surface area contributed by atoms with Crippen molar-refractivity contribution in [1.82, 2.24) is 0 Å². The monoisotopic (exact) mass is 224 g/mol. The summed E-state index contributed by atoms with van der Waals surface area (Å²) in [6.07, 6.45) is 32.5. The summed E-state index contributed by atoms with van der Waals surface area (Å²) in [5.41, 5.74) is 0. The summed E-state index contributed by atoms with van der Waals surface area (Å²) in [7, 11) is 0. The molecule has 0 N–H and O–H groups in total. The minimum Gasteiger partial charge on any atom is -0.0845 e. The molecule has 0 aromatic carbocycles. The van der Waals surface area contributed by atoms with Crippen LogP contribution in [0.4, 0.5) is 0 Å². The van der Waals surface area contributed by atoms with Gasteiger partial charge in [-0.1, -0.05) is 85.1 Å². The Kier molecular flexibility index (Phi) is 8.33. The van der Waals surface area contributed by atoms with Crippen LogP contribution in [-0.2, 0) is 0 Å². The smallest absolute Gasteiger partial charge is 0.0345 e. The van der Waals surface area contributed by atoms with Crippen molar-refractivity contribution in [2.75, 3.05) is 0 Å². The molecule has 0 heteroatoms. The number of hydrogen-bond donors (Lipinski definition) is 0. The molecule has 0 fully saturated rings. The second-order valence-corrected chi connectivity index (χ2v) is 3.71. The van der Waals surface area contributed by atoms with Gasteiger partial charge in [-0.2, -0.15) is 0 Å². The van der Waals surface area contributed by atoms with E-state index >= 15 is 0 Å². The molecular weight excluding hydrogens is 204 g/mol. The van der Waals surface area contributed by atoms with E-state index in [1.54, 1.807) is 0 Å². The zero-order valence-corrected chi connectivity index (χ0v) is 10.2. The highest BCUT2D eigenvalue weighted by molar-refractivity contribution is 5.20. The zero-order valence-electron chi connectivity index (χ0n) is 10.2. The Morgan fingerprint density at radius 1 is 0.353 bits per heavy atom. The van der Waals surface area contributed by atoms with Gasteiger partial charge in [0, 0.05) is 0 Å². The molecule has 88 valence electrons. The lowest BCUT2D eigenvalue weighted by Gasteiger charge is -1.88. The van der Waals surface area contributed by atoms with Gasteiger partial charge in [-0.3, -0.25) is 0 Å². The van der Waals surface area contributed by atoms with E-state index in [0.29, 0.717) is 0 Å². The van der Waals surface area contributed by atoms with Gasteiger partial charge in [0.2, 0.25) is 0 Å². The molecule has 1 aliphatic carbocycles. The summed E-state index contributed by atoms with van der Waals surface area (Å²) in [6, 6.07) is 0. The van der Waals surface area contributed by atoms with Crippen molar-refractivity contribution in [1.29, 1.82) is 0 Å². The first-order chi connectivity index (χ1) is 8.50. The summed E-state index contributed by atoms with van der Waals surface area (Å²) in [4.78, 5) is 0. The maximum absolute atomic E-state index is 2.21. The van der Waals surface area contributed by atoms with Crippen LogP contribution in [0.1, 0.15) is 19.3 Å². The van der Waals surface area contributed by atoms with Gasteiger partial charge in [0.25, 0.3) is 0 Å². The predicted octanol–water partition coefficient (Wildman–Crippen LogP) is 5.06. The van der Waals surface area contributed by atoms with Crippen molar-refractivity contribution in [2.24, 2.45) is 0 Å². The van der Waals surface area contributed by atoms with Gasteiger partial charge in [-0.15, -0.1) is 0 Å². The first kappa shape index (κ1) is 13.2. The number of rotatable bonds is 0. The highest BCUT2D eigenvalue weighted by Crippen LogP contribution is 1.98. The molecule has 0 saturated heterocycles. The van der Waals surface area contributed by atoms with Gasteiger partial charge in [-0.05, 0) is 19.3 Å². The Labute approximate surface area is 105 Å². The van der Waals surface area contributed by atoms with E-state index in [1.807, 2.05) is 48.6 Å². The third kappa shape index (κ3) is 9.13. The van der Waals surface area contributed by atoms with Crippen LogP contribution >= 0.6 is 0 Å². The van der Waals surface area contributed by atoms with E-state index in [2.05, 4.69) is 36.5 Å². The molecule has 0 spiro atoms. The number of hydrogen-bond acceptors (Lipinski definition) is 0. The first-order valence-corrected chi connectivity index (χ1v) is 6.15. The summed E-state index contributed by atoms with van der Waals surface area (Å²) >= 11 is 0. The first-order valence-electron chi connectivity index (χ1n) is 6.15. The second-order valence-electron chi connectivity index (χ2n) is 3.71. The van der Waals surface area contributed by atoms with Crippen LogP contribution in [0.2, 0.25) is 0 Å². The normalized spacial score (nSPS) is 28.7. The average Bonchev–Trinajstić information content (AvgIpc) is 2.35. The molecule has 0 radical (unpaired) electrons. The summed E-state index contributed by atoms with van der Waals surface area (Å²) < 4.78 is 0. The molecule has 1 rings (SSSR count). The van der Waals surface area contributed by atoms with Crippen LogP contribution in [0.5, 0.6) is 0 Å². The van der Waals surface area contributed by atoms with Gasteiger partial charge in [-0.25, -0.2) is 0 Å². The predicted molar refractivity (Wildman–Crippen MR) is 77.8 cm³/mol. The topological polar surface area (TPSA) is 0 Å². The summed E-state index contributed by atoms with van der Waals surface area (Å²) in [6.45, 7) is 0. The Balaban J connectivity index is 2.54. The third-order valence-corrected chi connectivity index (χ3v) is 2.24. The molecule has 0 bridgehead atoms. The Morgan fingerprint density at radius 3 is 1.00 bits per heavy atom. The fourth-order valence-electron chi connectivity index (χ4n) is 1.34. The largest absolute Gasteiger partial charge is 0.0845 e. The molecule has 0 amide bonds. The Bertz CT molecular complexity index is 335. The standard InChI is InChI=1S/C17H20/c1-2-4-6-8-10-12-14-16-17-15-13-11-9-7-5-3-1/h1-14H,15-17H2/b2-1-,5-3+,6-4+,9-7+,10-8+,13-11+,14-12?. The fraction of sp³-hybridized carbons (Fsp3) is 0.176. The lowest BCUT2D eigenvalue weighted by molar-refractivity contribution is 0.868. The van der Waals surface area contributed by atoms with Gasteiger partial charge in [0.05, 0.1) is 0 Å². The van der Waals surface area contributed by atoms with E-state index in [-0.39, 0.29) is 0 Å². The molecule has 0 heterocycles. The van der Waals surface area contributed by atoms with E-state index < -0.39 is 0 Å². The maximum Gasteiger partial charge on any atom is -0.0345 e. The highest BCUT2D eigenvalue weighted by atomic mass is 13.8. The molecule has 0 aromatic heterocycles. The van der Waals surface area contributed by atoms with E-state index in [9.17, 15) is 0 Å². The van der Waals surface area contributed by atoms with Crippen molar-refractivity contribution in [3.63, 3.8) is 0 Å². The molecule has 0 saturated carbocycles. The van der Waals surface area contributed by atoms with Gasteiger partial charge < -0.3 is 0 Å². The van der Waals surface area contributed by atoms with E-state index in [1.165, 1.54) is 6.42 Å². The Hall–Kier alpha value is -1.82. The van der Waals surface area contributed by atoms with Crippen molar-refractivity contribution >= 4 is 0 Å². The van der Waals surface area contributed by atoms with Crippen LogP contribution in [0, 0.1) is 0 Å². The van der Waals surface area contributed by atoms with Crippen molar-refractivity contribution in [2.45, 2.75) is 19.3 Å². The van der Waals surface area contributed by atoms with Crippen LogP contribution in [0.25, 0.3) is 0 Å². The molecule has 0 aliphatic heterocycles. The maximum atomic E-state index is 2.21.